The second kappa shape index (κ2) is 7.23. The van der Waals surface area contributed by atoms with Gasteiger partial charge in [0.1, 0.15) is 11.2 Å². The molecule has 0 fully saturated rings. The lowest BCUT2D eigenvalue weighted by molar-refractivity contribution is 0.669. The van der Waals surface area contributed by atoms with E-state index < -0.39 is 0 Å². The van der Waals surface area contributed by atoms with Crippen molar-refractivity contribution in [1.29, 1.82) is 0 Å². The first kappa shape index (κ1) is 19.4. The number of furan rings is 1. The molecule has 0 N–H and O–H groups in total. The summed E-state index contributed by atoms with van der Waals surface area (Å²) in [6, 6.07) is 30.7. The van der Waals surface area contributed by atoms with Crippen molar-refractivity contribution in [3.63, 3.8) is 0 Å². The number of nitrogens with zero attached hydrogens (tertiary/aromatic N) is 1. The Morgan fingerprint density at radius 1 is 0.676 bits per heavy atom. The van der Waals surface area contributed by atoms with Gasteiger partial charge in [0.25, 0.3) is 0 Å². The van der Waals surface area contributed by atoms with Gasteiger partial charge in [0.05, 0.1) is 5.52 Å². The molecule has 0 saturated carbocycles. The molecule has 7 rings (SSSR count). The van der Waals surface area contributed by atoms with Crippen molar-refractivity contribution in [3.8, 4) is 5.69 Å². The van der Waals surface area contributed by atoms with E-state index in [0.717, 1.165) is 24.0 Å². The fourth-order valence-electron chi connectivity index (χ4n) is 5.58. The molecule has 34 heavy (non-hydrogen) atoms. The molecule has 2 nitrogen and oxygen atoms in total. The van der Waals surface area contributed by atoms with Gasteiger partial charge in [-0.3, -0.25) is 0 Å². The average molecular weight is 440 g/mol. The third-order valence-corrected chi connectivity index (χ3v) is 7.22. The number of para-hydroxylation sites is 1. The Morgan fingerprint density at radius 3 is 2.21 bits per heavy atom. The molecule has 0 bridgehead atoms. The van der Waals surface area contributed by atoms with Crippen LogP contribution in [0.25, 0.3) is 50.2 Å². The molecule has 6 aromatic rings. The molecule has 2 heteroatoms. The molecule has 0 saturated heterocycles. The van der Waals surface area contributed by atoms with Crippen LogP contribution in [-0.4, -0.2) is 4.57 Å². The van der Waals surface area contributed by atoms with Gasteiger partial charge in [-0.15, -0.1) is 0 Å². The molecule has 2 aromatic heterocycles. The van der Waals surface area contributed by atoms with Crippen LogP contribution in [0, 0.1) is 13.8 Å². The minimum atomic E-state index is 0.956. The maximum absolute atomic E-state index is 6.11. The van der Waals surface area contributed by atoms with Crippen LogP contribution in [0.1, 0.15) is 34.4 Å². The SMILES string of the molecule is Cc1ccc2c(c1)c1c(n2-c2ccccc2)CCC(c2ccc3oc4ccc(C)cc4c3c2)=C1. The van der Waals surface area contributed by atoms with Gasteiger partial charge in [-0.05, 0) is 92.4 Å². The zero-order valence-corrected chi connectivity index (χ0v) is 19.4. The fraction of sp³-hybridized carbons (Fsp3) is 0.125. The first-order valence-corrected chi connectivity index (χ1v) is 12.0. The molecular weight excluding hydrogens is 414 g/mol. The lowest BCUT2D eigenvalue weighted by atomic mass is 9.90. The molecule has 0 amide bonds. The second-order valence-corrected chi connectivity index (χ2v) is 9.53. The number of benzene rings is 4. The lowest BCUT2D eigenvalue weighted by Crippen LogP contribution is -2.05. The van der Waals surface area contributed by atoms with Gasteiger partial charge in [-0.1, -0.05) is 47.5 Å². The summed E-state index contributed by atoms with van der Waals surface area (Å²) in [5.74, 6) is 0. The van der Waals surface area contributed by atoms with Gasteiger partial charge >= 0.3 is 0 Å². The fourth-order valence-corrected chi connectivity index (χ4v) is 5.58. The summed E-state index contributed by atoms with van der Waals surface area (Å²) in [5.41, 5.74) is 12.4. The van der Waals surface area contributed by atoms with Crippen molar-refractivity contribution in [3.05, 3.63) is 113 Å². The maximum Gasteiger partial charge on any atom is 0.135 e. The maximum atomic E-state index is 6.11. The Balaban J connectivity index is 1.44. The van der Waals surface area contributed by atoms with Crippen molar-refractivity contribution in [2.24, 2.45) is 0 Å². The number of aryl methyl sites for hydroxylation is 2. The number of allylic oxidation sites excluding steroid dienone is 1. The molecule has 1 aliphatic carbocycles. The Hall–Kier alpha value is -4.04. The standard InChI is InChI=1S/C32H25NO/c1-20-8-12-29-25(16-20)26-18-22(10-13-30(26)33(29)24-6-4-3-5-7-24)23-11-15-32-28(19-23)27-17-21(2)9-14-31(27)34-32/h3-9,11-12,14-19H,10,13H2,1-2H3. The van der Waals surface area contributed by atoms with E-state index in [4.69, 9.17) is 4.42 Å². The van der Waals surface area contributed by atoms with Crippen LogP contribution >= 0.6 is 0 Å². The van der Waals surface area contributed by atoms with E-state index in [9.17, 15) is 0 Å². The van der Waals surface area contributed by atoms with Gasteiger partial charge in [0, 0.05) is 33.1 Å². The quantitative estimate of drug-likeness (QED) is 0.264. The molecule has 4 aromatic carbocycles. The van der Waals surface area contributed by atoms with Crippen molar-refractivity contribution >= 4 is 44.5 Å². The first-order chi connectivity index (χ1) is 16.7. The Morgan fingerprint density at radius 2 is 1.38 bits per heavy atom. The Kier molecular flexibility index (Phi) is 4.13. The third-order valence-electron chi connectivity index (χ3n) is 7.22. The van der Waals surface area contributed by atoms with Crippen LogP contribution in [0.3, 0.4) is 0 Å². The predicted octanol–water partition coefficient (Wildman–Crippen LogP) is 8.63. The average Bonchev–Trinajstić information content (AvgIpc) is 3.38. The second-order valence-electron chi connectivity index (χ2n) is 9.53. The van der Waals surface area contributed by atoms with Crippen LogP contribution < -0.4 is 0 Å². The van der Waals surface area contributed by atoms with E-state index in [1.807, 2.05) is 0 Å². The first-order valence-electron chi connectivity index (χ1n) is 12.0. The van der Waals surface area contributed by atoms with Gasteiger partial charge in [0.2, 0.25) is 0 Å². The highest BCUT2D eigenvalue weighted by atomic mass is 16.3. The number of fused-ring (bicyclic) bond motifs is 6. The zero-order valence-electron chi connectivity index (χ0n) is 19.4. The summed E-state index contributed by atoms with van der Waals surface area (Å²) < 4.78 is 8.56. The lowest BCUT2D eigenvalue weighted by Gasteiger charge is -2.18. The molecule has 2 heterocycles. The van der Waals surface area contributed by atoms with Crippen LogP contribution in [0.5, 0.6) is 0 Å². The third kappa shape index (κ3) is 2.88. The van der Waals surface area contributed by atoms with E-state index in [1.165, 1.54) is 60.9 Å². The molecule has 1 aliphatic rings. The van der Waals surface area contributed by atoms with E-state index >= 15 is 0 Å². The summed E-state index contributed by atoms with van der Waals surface area (Å²) in [6.45, 7) is 4.32. The molecule has 0 radical (unpaired) electrons. The van der Waals surface area contributed by atoms with Gasteiger partial charge in [0.15, 0.2) is 0 Å². The molecule has 0 aliphatic heterocycles. The molecule has 0 atom stereocenters. The summed E-state index contributed by atoms with van der Waals surface area (Å²) >= 11 is 0. The number of rotatable bonds is 2. The minimum absolute atomic E-state index is 0.956. The summed E-state index contributed by atoms with van der Waals surface area (Å²) in [7, 11) is 0. The van der Waals surface area contributed by atoms with Crippen molar-refractivity contribution in [2.45, 2.75) is 26.7 Å². The highest BCUT2D eigenvalue weighted by Gasteiger charge is 2.22. The van der Waals surface area contributed by atoms with E-state index in [2.05, 4.69) is 109 Å². The van der Waals surface area contributed by atoms with Crippen molar-refractivity contribution in [2.75, 3.05) is 0 Å². The summed E-state index contributed by atoms with van der Waals surface area (Å²) in [4.78, 5) is 0. The van der Waals surface area contributed by atoms with Gasteiger partial charge in [-0.2, -0.15) is 0 Å². The topological polar surface area (TPSA) is 18.1 Å². The largest absolute Gasteiger partial charge is 0.456 e. The van der Waals surface area contributed by atoms with E-state index in [0.29, 0.717) is 0 Å². The van der Waals surface area contributed by atoms with Gasteiger partial charge in [-0.25, -0.2) is 0 Å². The van der Waals surface area contributed by atoms with Crippen molar-refractivity contribution < 1.29 is 4.42 Å². The highest BCUT2D eigenvalue weighted by Crippen LogP contribution is 2.40. The zero-order chi connectivity index (χ0) is 22.8. The van der Waals surface area contributed by atoms with Crippen LogP contribution in [0.4, 0.5) is 0 Å². The Bertz CT molecular complexity index is 1760. The highest BCUT2D eigenvalue weighted by molar-refractivity contribution is 6.07. The minimum Gasteiger partial charge on any atom is -0.456 e. The van der Waals surface area contributed by atoms with Gasteiger partial charge < -0.3 is 8.98 Å². The van der Waals surface area contributed by atoms with Crippen LogP contribution in [0.2, 0.25) is 0 Å². The molecule has 0 unspecified atom stereocenters. The number of hydrogen-bond acceptors (Lipinski definition) is 1. The molecule has 164 valence electrons. The van der Waals surface area contributed by atoms with Crippen LogP contribution in [-0.2, 0) is 6.42 Å². The number of aromatic nitrogens is 1. The van der Waals surface area contributed by atoms with Crippen LogP contribution in [0.15, 0.2) is 89.3 Å². The normalized spacial score (nSPS) is 13.5. The van der Waals surface area contributed by atoms with E-state index in [1.54, 1.807) is 0 Å². The summed E-state index contributed by atoms with van der Waals surface area (Å²) in [6.07, 6.45) is 4.47. The molecular formula is C32H25NO. The monoisotopic (exact) mass is 439 g/mol. The number of hydrogen-bond donors (Lipinski definition) is 0. The smallest absolute Gasteiger partial charge is 0.135 e. The Labute approximate surface area is 198 Å². The molecule has 0 spiro atoms. The van der Waals surface area contributed by atoms with E-state index in [-0.39, 0.29) is 0 Å². The predicted molar refractivity (Wildman–Crippen MR) is 143 cm³/mol. The van der Waals surface area contributed by atoms with Crippen molar-refractivity contribution in [1.82, 2.24) is 4.57 Å². The summed E-state index contributed by atoms with van der Waals surface area (Å²) in [5, 5.41) is 3.73.